The Morgan fingerprint density at radius 2 is 2.45 bits per heavy atom. The number of halogens is 1. The Hall–Kier alpha value is -1.32. The molecule has 0 radical (unpaired) electrons. The van der Waals surface area contributed by atoms with Crippen molar-refractivity contribution >= 4 is 6.09 Å². The first-order valence-corrected chi connectivity index (χ1v) is 3.13. The monoisotopic (exact) mass is 157 g/mol. The number of amides is 1. The molecule has 60 valence electrons. The molecule has 0 aliphatic carbocycles. The largest absolute Gasteiger partial charge is 0.465 e. The minimum Gasteiger partial charge on any atom is -0.465 e. The summed E-state index contributed by atoms with van der Waals surface area (Å²) in [4.78, 5) is 11.4. The van der Waals surface area contributed by atoms with Gasteiger partial charge in [0.2, 0.25) is 0 Å². The average molecular weight is 157 g/mol. The summed E-state index contributed by atoms with van der Waals surface area (Å²) in [5.41, 5.74) is 0.368. The Morgan fingerprint density at radius 3 is 2.73 bits per heavy atom. The van der Waals surface area contributed by atoms with E-state index in [4.69, 9.17) is 5.11 Å². The van der Waals surface area contributed by atoms with Gasteiger partial charge in [-0.15, -0.1) is 0 Å². The Kier molecular flexibility index (Phi) is 1.94. The second-order valence-electron chi connectivity index (χ2n) is 2.30. The fourth-order valence-electron chi connectivity index (χ4n) is 0.897. The third-order valence-corrected chi connectivity index (χ3v) is 1.54. The van der Waals surface area contributed by atoms with E-state index in [0.717, 1.165) is 4.90 Å². The molecule has 0 saturated heterocycles. The van der Waals surface area contributed by atoms with E-state index in [-0.39, 0.29) is 13.1 Å². The molecular weight excluding hydrogens is 149 g/mol. The highest BCUT2D eigenvalue weighted by molar-refractivity contribution is 5.66. The molecule has 1 aliphatic rings. The fraction of sp³-hybridized carbons (Fsp3) is 0.286. The lowest BCUT2D eigenvalue weighted by Gasteiger charge is -2.09. The van der Waals surface area contributed by atoms with Crippen LogP contribution in [0.3, 0.4) is 0 Å². The van der Waals surface area contributed by atoms with Crippen molar-refractivity contribution in [2.45, 2.75) is 0 Å². The summed E-state index contributed by atoms with van der Waals surface area (Å²) in [6, 6.07) is 0. The van der Waals surface area contributed by atoms with Crippen LogP contribution < -0.4 is 0 Å². The fourth-order valence-corrected chi connectivity index (χ4v) is 0.897. The van der Waals surface area contributed by atoms with Crippen LogP contribution in [-0.2, 0) is 0 Å². The summed E-state index contributed by atoms with van der Waals surface area (Å²) < 4.78 is 12.4. The maximum absolute atomic E-state index is 12.4. The summed E-state index contributed by atoms with van der Waals surface area (Å²) >= 11 is 0. The van der Waals surface area contributed by atoms with Crippen molar-refractivity contribution in [2.75, 3.05) is 13.1 Å². The smallest absolute Gasteiger partial charge is 0.407 e. The van der Waals surface area contributed by atoms with Gasteiger partial charge in [0.05, 0.1) is 6.54 Å². The Balaban J connectivity index is 2.56. The van der Waals surface area contributed by atoms with Crippen LogP contribution in [0, 0.1) is 0 Å². The highest BCUT2D eigenvalue weighted by Crippen LogP contribution is 2.16. The first kappa shape index (κ1) is 7.78. The van der Waals surface area contributed by atoms with Gasteiger partial charge in [0.1, 0.15) is 5.83 Å². The van der Waals surface area contributed by atoms with Crippen LogP contribution in [-0.4, -0.2) is 29.2 Å². The highest BCUT2D eigenvalue weighted by Gasteiger charge is 2.19. The summed E-state index contributed by atoms with van der Waals surface area (Å²) in [5.74, 6) is -0.547. The van der Waals surface area contributed by atoms with Gasteiger partial charge >= 0.3 is 6.09 Å². The molecule has 11 heavy (non-hydrogen) atoms. The van der Waals surface area contributed by atoms with E-state index in [1.54, 1.807) is 0 Å². The van der Waals surface area contributed by atoms with Crippen LogP contribution in [0.5, 0.6) is 0 Å². The van der Waals surface area contributed by atoms with Gasteiger partial charge in [-0.1, -0.05) is 12.7 Å². The summed E-state index contributed by atoms with van der Waals surface area (Å²) in [7, 11) is 0. The van der Waals surface area contributed by atoms with Crippen molar-refractivity contribution in [1.29, 1.82) is 0 Å². The molecule has 1 rings (SSSR count). The quantitative estimate of drug-likeness (QED) is 0.624. The van der Waals surface area contributed by atoms with E-state index in [2.05, 4.69) is 6.58 Å². The predicted molar refractivity (Wildman–Crippen MR) is 37.9 cm³/mol. The maximum Gasteiger partial charge on any atom is 0.407 e. The van der Waals surface area contributed by atoms with Crippen LogP contribution in [0.15, 0.2) is 24.1 Å². The zero-order valence-electron chi connectivity index (χ0n) is 5.88. The molecule has 1 aliphatic heterocycles. The van der Waals surface area contributed by atoms with Gasteiger partial charge < -0.3 is 10.0 Å². The van der Waals surface area contributed by atoms with Crippen molar-refractivity contribution in [3.8, 4) is 0 Å². The second kappa shape index (κ2) is 2.74. The molecule has 1 amide bonds. The molecule has 0 fully saturated rings. The zero-order chi connectivity index (χ0) is 8.43. The van der Waals surface area contributed by atoms with Gasteiger partial charge in [-0.05, 0) is 0 Å². The van der Waals surface area contributed by atoms with Crippen LogP contribution in [0.2, 0.25) is 0 Å². The topological polar surface area (TPSA) is 40.5 Å². The minimum absolute atomic E-state index is 0.116. The van der Waals surface area contributed by atoms with Gasteiger partial charge in [0, 0.05) is 12.1 Å². The Bertz CT molecular complexity index is 235. The molecule has 0 atom stereocenters. The lowest BCUT2D eigenvalue weighted by atomic mass is 10.3. The minimum atomic E-state index is -1.03. The van der Waals surface area contributed by atoms with Gasteiger partial charge in [-0.3, -0.25) is 0 Å². The average Bonchev–Trinajstić information content (AvgIpc) is 2.33. The van der Waals surface area contributed by atoms with Gasteiger partial charge in [-0.2, -0.15) is 0 Å². The SMILES string of the molecule is C=C(F)C1=CCN(C(=O)O)C1. The van der Waals surface area contributed by atoms with Crippen molar-refractivity contribution in [3.63, 3.8) is 0 Å². The zero-order valence-corrected chi connectivity index (χ0v) is 5.88. The Labute approximate surface area is 63.4 Å². The lowest BCUT2D eigenvalue weighted by molar-refractivity contribution is 0.157. The number of carbonyl (C=O) groups is 1. The standard InChI is InChI=1S/C7H8FNO2/c1-5(8)6-2-3-9(4-6)7(10)11/h2H,1,3-4H2,(H,10,11). The Morgan fingerprint density at radius 1 is 1.82 bits per heavy atom. The van der Waals surface area contributed by atoms with Gasteiger partial charge in [-0.25, -0.2) is 9.18 Å². The van der Waals surface area contributed by atoms with E-state index >= 15 is 0 Å². The predicted octanol–water partition coefficient (Wildman–Crippen LogP) is 1.39. The molecule has 4 heteroatoms. The van der Waals surface area contributed by atoms with Gasteiger partial charge in [0.15, 0.2) is 0 Å². The molecule has 0 saturated carbocycles. The number of nitrogens with zero attached hydrogens (tertiary/aromatic N) is 1. The first-order chi connectivity index (χ1) is 5.11. The summed E-state index contributed by atoms with van der Waals surface area (Å²) in [6.45, 7) is 3.45. The number of hydrogen-bond acceptors (Lipinski definition) is 1. The third kappa shape index (κ3) is 1.58. The molecule has 0 spiro atoms. The van der Waals surface area contributed by atoms with Crippen molar-refractivity contribution in [3.05, 3.63) is 24.1 Å². The number of carboxylic acid groups (broad SMARTS) is 1. The van der Waals surface area contributed by atoms with E-state index in [0.29, 0.717) is 5.57 Å². The number of hydrogen-bond donors (Lipinski definition) is 1. The van der Waals surface area contributed by atoms with Crippen molar-refractivity contribution < 1.29 is 14.3 Å². The van der Waals surface area contributed by atoms with Crippen LogP contribution in [0.25, 0.3) is 0 Å². The van der Waals surface area contributed by atoms with E-state index in [1.165, 1.54) is 6.08 Å². The summed E-state index contributed by atoms with van der Waals surface area (Å²) in [5, 5.41) is 8.45. The molecule has 0 aromatic heterocycles. The first-order valence-electron chi connectivity index (χ1n) is 3.13. The molecule has 1 heterocycles. The van der Waals surface area contributed by atoms with Crippen LogP contribution in [0.4, 0.5) is 9.18 Å². The van der Waals surface area contributed by atoms with E-state index < -0.39 is 11.9 Å². The number of rotatable bonds is 1. The maximum atomic E-state index is 12.4. The summed E-state index contributed by atoms with van der Waals surface area (Å²) in [6.07, 6.45) is 0.494. The van der Waals surface area contributed by atoms with Crippen molar-refractivity contribution in [1.82, 2.24) is 4.90 Å². The van der Waals surface area contributed by atoms with Crippen molar-refractivity contribution in [2.24, 2.45) is 0 Å². The van der Waals surface area contributed by atoms with E-state index in [9.17, 15) is 9.18 Å². The lowest BCUT2D eigenvalue weighted by Crippen LogP contribution is -2.26. The molecular formula is C7H8FNO2. The molecule has 3 nitrogen and oxygen atoms in total. The van der Waals surface area contributed by atoms with Crippen LogP contribution in [0.1, 0.15) is 0 Å². The van der Waals surface area contributed by atoms with E-state index in [1.807, 2.05) is 0 Å². The third-order valence-electron chi connectivity index (χ3n) is 1.54. The highest BCUT2D eigenvalue weighted by atomic mass is 19.1. The van der Waals surface area contributed by atoms with Crippen LogP contribution >= 0.6 is 0 Å². The molecule has 0 aromatic carbocycles. The molecule has 0 bridgehead atoms. The molecule has 0 aromatic rings. The molecule has 0 unspecified atom stereocenters. The molecule has 1 N–H and O–H groups in total. The second-order valence-corrected chi connectivity index (χ2v) is 2.30. The normalized spacial score (nSPS) is 16.5. The van der Waals surface area contributed by atoms with Gasteiger partial charge in [0.25, 0.3) is 0 Å².